The molecule has 6 rings (SSSR count). The third-order valence-corrected chi connectivity index (χ3v) is 7.85. The molecule has 6 aromatic rings. The van der Waals surface area contributed by atoms with E-state index in [2.05, 4.69) is 20.9 Å². The Labute approximate surface area is 341 Å². The number of nitro benzene ring substituents is 2. The highest BCUT2D eigenvalue weighted by atomic mass is 35.5. The minimum atomic E-state index is -0.682. The first-order valence-electron chi connectivity index (χ1n) is 16.5. The minimum absolute atomic E-state index is 0.00360. The lowest BCUT2D eigenvalue weighted by Crippen LogP contribution is -2.14. The molecule has 0 fully saturated rings. The topological polar surface area (TPSA) is 261 Å². The first kappa shape index (κ1) is 44.4. The zero-order chi connectivity index (χ0) is 43.9. The van der Waals surface area contributed by atoms with Crippen molar-refractivity contribution in [1.29, 1.82) is 0 Å². The van der Waals surface area contributed by atoms with Crippen LogP contribution < -0.4 is 25.4 Å². The van der Waals surface area contributed by atoms with Gasteiger partial charge in [-0.25, -0.2) is 13.8 Å². The molecule has 0 saturated carbocycles. The number of aromatic nitrogens is 1. The average molecular weight is 848 g/mol. The Hall–Kier alpha value is -8.33. The molecule has 0 bridgehead atoms. The summed E-state index contributed by atoms with van der Waals surface area (Å²) >= 11 is 5.83. The highest BCUT2D eigenvalue weighted by Gasteiger charge is 2.22. The Morgan fingerprint density at radius 2 is 1.22 bits per heavy atom. The number of benzene rings is 4. The molecular weight excluding hydrogens is 820 g/mol. The van der Waals surface area contributed by atoms with Gasteiger partial charge < -0.3 is 29.8 Å². The zero-order valence-corrected chi connectivity index (χ0v) is 31.5. The van der Waals surface area contributed by atoms with Gasteiger partial charge in [0.05, 0.1) is 68.8 Å². The Balaban J connectivity index is 0.000000199. The summed E-state index contributed by atoms with van der Waals surface area (Å²) in [7, 11) is 2.64. The van der Waals surface area contributed by atoms with Crippen LogP contribution in [-0.2, 0) is 0 Å². The van der Waals surface area contributed by atoms with E-state index in [-0.39, 0.29) is 67.7 Å². The van der Waals surface area contributed by atoms with Crippen molar-refractivity contribution in [3.8, 4) is 11.5 Å². The average Bonchev–Trinajstić information content (AvgIpc) is 3.78. The van der Waals surface area contributed by atoms with Crippen LogP contribution in [0.2, 0.25) is 5.02 Å². The van der Waals surface area contributed by atoms with Crippen LogP contribution in [0.3, 0.4) is 0 Å². The molecule has 3 N–H and O–H groups in total. The van der Waals surface area contributed by atoms with Crippen molar-refractivity contribution >= 4 is 63.6 Å². The standard InChI is InChI=1S/C13H8ClFN2O3.C13H12N2O6.C12H8FN3O3/c14-10-7-8(17(19)20)5-6-12(10)16-13(18)9-3-1-2-4-11(9)15;1-19-11-7-9(15(17)18)12(20-2)6-8(11)14-13(16)10-4-3-5-21-10;13-10-4-2-1-3-9(10)12(17)15-11-6-5-8(7-14-11)16(18)19/h1-7H,(H,16,18);3-7H,1-2H3,(H,14,16);1-7H,(H,14,15,17). The maximum absolute atomic E-state index is 13.4. The molecule has 2 heterocycles. The molecule has 0 atom stereocenters. The Kier molecular flexibility index (Phi) is 15.3. The summed E-state index contributed by atoms with van der Waals surface area (Å²) in [4.78, 5) is 69.3. The summed E-state index contributed by atoms with van der Waals surface area (Å²) in [6, 6.07) is 22.6. The van der Waals surface area contributed by atoms with Crippen molar-refractivity contribution < 1.29 is 51.8 Å². The van der Waals surface area contributed by atoms with Gasteiger partial charge in [0.1, 0.15) is 29.4 Å². The predicted octanol–water partition coefficient (Wildman–Crippen LogP) is 8.48. The van der Waals surface area contributed by atoms with Crippen LogP contribution in [0.4, 0.5) is 43.0 Å². The van der Waals surface area contributed by atoms with Crippen molar-refractivity contribution in [3.63, 3.8) is 0 Å². The van der Waals surface area contributed by atoms with Gasteiger partial charge in [0.2, 0.25) is 0 Å². The molecule has 0 aliphatic carbocycles. The van der Waals surface area contributed by atoms with E-state index in [1.807, 2.05) is 0 Å². The second-order valence-electron chi connectivity index (χ2n) is 11.4. The van der Waals surface area contributed by atoms with E-state index in [1.165, 1.54) is 99.3 Å². The van der Waals surface area contributed by atoms with Gasteiger partial charge in [-0.05, 0) is 48.5 Å². The van der Waals surface area contributed by atoms with Crippen LogP contribution in [0.1, 0.15) is 31.3 Å². The van der Waals surface area contributed by atoms with E-state index in [9.17, 15) is 53.5 Å². The fraction of sp³-hybridized carbons (Fsp3) is 0.0526. The lowest BCUT2D eigenvalue weighted by Gasteiger charge is -2.11. The Morgan fingerprint density at radius 1 is 0.650 bits per heavy atom. The van der Waals surface area contributed by atoms with Crippen molar-refractivity contribution in [2.45, 2.75) is 0 Å². The zero-order valence-electron chi connectivity index (χ0n) is 30.8. The number of anilines is 3. The van der Waals surface area contributed by atoms with Gasteiger partial charge in [0, 0.05) is 24.3 Å². The maximum atomic E-state index is 13.4. The van der Waals surface area contributed by atoms with Crippen molar-refractivity contribution in [2.75, 3.05) is 30.2 Å². The highest BCUT2D eigenvalue weighted by molar-refractivity contribution is 6.34. The van der Waals surface area contributed by atoms with E-state index < -0.39 is 44.1 Å². The second-order valence-corrected chi connectivity index (χ2v) is 11.8. The van der Waals surface area contributed by atoms with Gasteiger partial charge in [0.25, 0.3) is 29.1 Å². The van der Waals surface area contributed by atoms with Gasteiger partial charge in [-0.15, -0.1) is 0 Å². The largest absolute Gasteiger partial charge is 0.494 e. The Morgan fingerprint density at radius 3 is 1.70 bits per heavy atom. The number of nitrogens with one attached hydrogen (secondary N) is 3. The van der Waals surface area contributed by atoms with E-state index >= 15 is 0 Å². The van der Waals surface area contributed by atoms with E-state index in [1.54, 1.807) is 6.07 Å². The number of amides is 3. The van der Waals surface area contributed by atoms with E-state index in [4.69, 9.17) is 25.5 Å². The SMILES string of the molecule is COc1cc([N+](=O)[O-])c(OC)cc1NC(=O)c1ccco1.O=C(Nc1ccc([N+](=O)[O-])cc1Cl)c1ccccc1F.O=C(Nc1ccc([N+](=O)[O-])cn1)c1ccccc1F. The highest BCUT2D eigenvalue weighted by Crippen LogP contribution is 2.38. The molecule has 22 heteroatoms. The molecule has 4 aromatic carbocycles. The first-order chi connectivity index (χ1) is 28.6. The molecule has 308 valence electrons. The number of hydrogen-bond acceptors (Lipinski definition) is 13. The number of rotatable bonds is 11. The number of nitro groups is 3. The molecular formula is C38H28ClF2N7O12. The maximum Gasteiger partial charge on any atom is 0.314 e. The van der Waals surface area contributed by atoms with Crippen LogP contribution >= 0.6 is 11.6 Å². The van der Waals surface area contributed by atoms with Crippen LogP contribution in [0.25, 0.3) is 0 Å². The molecule has 2 aromatic heterocycles. The number of nitrogens with zero attached hydrogens (tertiary/aromatic N) is 4. The van der Waals surface area contributed by atoms with Crippen LogP contribution in [0, 0.1) is 42.0 Å². The van der Waals surface area contributed by atoms with Gasteiger partial charge in [-0.1, -0.05) is 35.9 Å². The summed E-state index contributed by atoms with van der Waals surface area (Å²) < 4.78 is 41.7. The van der Waals surface area contributed by atoms with Crippen molar-refractivity contribution in [1.82, 2.24) is 4.98 Å². The summed E-state index contributed by atoms with van der Waals surface area (Å²) in [5, 5.41) is 39.2. The number of ether oxygens (including phenoxy) is 2. The molecule has 0 radical (unpaired) electrons. The fourth-order valence-corrected chi connectivity index (χ4v) is 4.89. The second kappa shape index (κ2) is 20.7. The third kappa shape index (κ3) is 11.8. The fourth-order valence-electron chi connectivity index (χ4n) is 4.66. The number of hydrogen-bond donors (Lipinski definition) is 3. The number of carbonyl (C=O) groups is 3. The number of non-ortho nitro benzene ring substituents is 1. The Bertz CT molecular complexity index is 2540. The summed E-state index contributed by atoms with van der Waals surface area (Å²) in [5.74, 6) is -2.80. The van der Waals surface area contributed by atoms with Gasteiger partial charge in [-0.2, -0.15) is 0 Å². The lowest BCUT2D eigenvalue weighted by molar-refractivity contribution is -0.385. The van der Waals surface area contributed by atoms with Crippen molar-refractivity contribution in [2.24, 2.45) is 0 Å². The van der Waals surface area contributed by atoms with Gasteiger partial charge in [-0.3, -0.25) is 44.7 Å². The molecule has 0 aliphatic rings. The molecule has 19 nitrogen and oxygen atoms in total. The lowest BCUT2D eigenvalue weighted by atomic mass is 10.2. The van der Waals surface area contributed by atoms with Gasteiger partial charge >= 0.3 is 5.69 Å². The number of pyridine rings is 1. The number of carbonyl (C=O) groups excluding carboxylic acids is 3. The molecule has 0 aliphatic heterocycles. The van der Waals surface area contributed by atoms with E-state index in [0.29, 0.717) is 0 Å². The molecule has 0 unspecified atom stereocenters. The molecule has 3 amide bonds. The predicted molar refractivity (Wildman–Crippen MR) is 211 cm³/mol. The third-order valence-electron chi connectivity index (χ3n) is 7.54. The van der Waals surface area contributed by atoms with Crippen LogP contribution in [0.15, 0.2) is 120 Å². The monoisotopic (exact) mass is 847 g/mol. The molecule has 60 heavy (non-hydrogen) atoms. The first-order valence-corrected chi connectivity index (χ1v) is 16.9. The van der Waals surface area contributed by atoms with Crippen LogP contribution in [-0.4, -0.2) is 51.7 Å². The van der Waals surface area contributed by atoms with Crippen molar-refractivity contribution in [3.05, 3.63) is 179 Å². The van der Waals surface area contributed by atoms with E-state index in [0.717, 1.165) is 24.4 Å². The minimum Gasteiger partial charge on any atom is -0.494 e. The summed E-state index contributed by atoms with van der Waals surface area (Å²) in [6.07, 6.45) is 2.37. The molecule has 0 saturated heterocycles. The normalized spacial score (nSPS) is 10.0. The quantitative estimate of drug-likeness (QED) is 0.0817. The smallest absolute Gasteiger partial charge is 0.314 e. The number of halogens is 3. The number of methoxy groups -OCH3 is 2. The van der Waals surface area contributed by atoms with Gasteiger partial charge in [0.15, 0.2) is 11.5 Å². The molecule has 0 spiro atoms. The summed E-state index contributed by atoms with van der Waals surface area (Å²) in [5.41, 5.74) is -0.496. The number of furan rings is 1. The summed E-state index contributed by atoms with van der Waals surface area (Å²) in [6.45, 7) is 0. The van der Waals surface area contributed by atoms with Crippen LogP contribution in [0.5, 0.6) is 11.5 Å².